The second kappa shape index (κ2) is 11.6. The van der Waals surface area contributed by atoms with Crippen LogP contribution in [0.4, 0.5) is 9.59 Å². The van der Waals surface area contributed by atoms with Crippen LogP contribution in [0.25, 0.3) is 0 Å². The van der Waals surface area contributed by atoms with Gasteiger partial charge in [0.15, 0.2) is 0 Å². The second-order valence-corrected chi connectivity index (χ2v) is 6.80. The molecule has 160 valence electrons. The quantitative estimate of drug-likeness (QED) is 0.643. The average molecular weight is 414 g/mol. The molecular formula is C22H26N2O6. The van der Waals surface area contributed by atoms with Crippen LogP contribution in [0.2, 0.25) is 0 Å². The highest BCUT2D eigenvalue weighted by Gasteiger charge is 2.30. The first-order chi connectivity index (χ1) is 14.4. The number of nitrogens with one attached hydrogen (secondary N) is 1. The van der Waals surface area contributed by atoms with Crippen LogP contribution in [0.5, 0.6) is 0 Å². The van der Waals surface area contributed by atoms with Gasteiger partial charge in [0.2, 0.25) is 0 Å². The Morgan fingerprint density at radius 2 is 1.43 bits per heavy atom. The van der Waals surface area contributed by atoms with E-state index in [-0.39, 0.29) is 25.4 Å². The van der Waals surface area contributed by atoms with E-state index >= 15 is 0 Å². The number of rotatable bonds is 8. The van der Waals surface area contributed by atoms with Gasteiger partial charge in [0.05, 0.1) is 12.1 Å². The Morgan fingerprint density at radius 1 is 0.933 bits per heavy atom. The molecule has 8 nitrogen and oxygen atoms in total. The van der Waals surface area contributed by atoms with E-state index in [4.69, 9.17) is 9.47 Å². The van der Waals surface area contributed by atoms with E-state index in [9.17, 15) is 19.5 Å². The number of Topliss-reactive ketones (excluding diaryl/α,β-unsaturated/α-hetero) is 1. The fourth-order valence-electron chi connectivity index (χ4n) is 2.59. The summed E-state index contributed by atoms with van der Waals surface area (Å²) in [4.78, 5) is 36.2. The maximum atomic E-state index is 12.6. The summed E-state index contributed by atoms with van der Waals surface area (Å²) in [6, 6.07) is 17.1. The zero-order valence-corrected chi connectivity index (χ0v) is 17.0. The third-order valence-electron chi connectivity index (χ3n) is 4.29. The summed E-state index contributed by atoms with van der Waals surface area (Å²) in [6.07, 6.45) is -3.14. The minimum atomic E-state index is -1.19. The van der Waals surface area contributed by atoms with E-state index in [1.165, 1.54) is 13.8 Å². The Balaban J connectivity index is 2.02. The van der Waals surface area contributed by atoms with Gasteiger partial charge in [0.25, 0.3) is 0 Å². The number of aliphatic hydroxyl groups excluding tert-OH is 1. The van der Waals surface area contributed by atoms with Crippen molar-refractivity contribution >= 4 is 18.0 Å². The number of hydrogen-bond acceptors (Lipinski definition) is 6. The first kappa shape index (κ1) is 22.9. The minimum Gasteiger partial charge on any atom is -0.443 e. The van der Waals surface area contributed by atoms with Crippen molar-refractivity contribution in [1.29, 1.82) is 0 Å². The summed E-state index contributed by atoms with van der Waals surface area (Å²) in [5.74, 6) is -0.251. The Morgan fingerprint density at radius 3 is 1.93 bits per heavy atom. The molecule has 0 spiro atoms. The molecule has 1 unspecified atom stereocenters. The highest BCUT2D eigenvalue weighted by molar-refractivity contribution is 5.77. The van der Waals surface area contributed by atoms with Gasteiger partial charge in [-0.25, -0.2) is 20.0 Å². The largest absolute Gasteiger partial charge is 0.443 e. The predicted octanol–water partition coefficient (Wildman–Crippen LogP) is 3.20. The number of ether oxygens (including phenoxy) is 2. The lowest BCUT2D eigenvalue weighted by Gasteiger charge is -2.30. The number of carbonyl (C=O) groups excluding carboxylic acids is 3. The normalized spacial score (nSPS) is 12.4. The summed E-state index contributed by atoms with van der Waals surface area (Å²) < 4.78 is 10.4. The van der Waals surface area contributed by atoms with Crippen LogP contribution in [0, 0.1) is 0 Å². The number of carbonyl (C=O) groups is 3. The second-order valence-electron chi connectivity index (χ2n) is 6.80. The highest BCUT2D eigenvalue weighted by Crippen LogP contribution is 2.11. The lowest BCUT2D eigenvalue weighted by Crippen LogP contribution is -2.55. The van der Waals surface area contributed by atoms with Gasteiger partial charge in [-0.05, 0) is 25.0 Å². The number of amides is 2. The third-order valence-corrected chi connectivity index (χ3v) is 4.29. The number of aliphatic hydroxyl groups is 1. The molecule has 2 rings (SSSR count). The van der Waals surface area contributed by atoms with Crippen LogP contribution >= 0.6 is 0 Å². The summed E-state index contributed by atoms with van der Waals surface area (Å²) in [5.41, 5.74) is 3.84. The smallest absolute Gasteiger partial charge is 0.429 e. The van der Waals surface area contributed by atoms with Crippen molar-refractivity contribution in [3.05, 3.63) is 71.8 Å². The van der Waals surface area contributed by atoms with Crippen LogP contribution < -0.4 is 5.43 Å². The SMILES string of the molecule is CC(=O)CC(O)[C@@H](C)N(NC(=O)OCc1ccccc1)C(=O)OCc1ccccc1. The van der Waals surface area contributed by atoms with E-state index in [0.29, 0.717) is 0 Å². The zero-order valence-electron chi connectivity index (χ0n) is 17.0. The lowest BCUT2D eigenvalue weighted by molar-refractivity contribution is -0.119. The van der Waals surface area contributed by atoms with Crippen LogP contribution in [-0.4, -0.2) is 40.2 Å². The number of hydrogen-bond donors (Lipinski definition) is 2. The zero-order chi connectivity index (χ0) is 21.9. The summed E-state index contributed by atoms with van der Waals surface area (Å²) in [5, 5.41) is 11.1. The Labute approximate surface area is 175 Å². The van der Waals surface area contributed by atoms with Gasteiger partial charge in [-0.1, -0.05) is 60.7 Å². The number of nitrogens with zero attached hydrogens (tertiary/aromatic N) is 1. The molecule has 0 aliphatic carbocycles. The molecule has 2 aromatic rings. The number of benzene rings is 2. The number of hydrazine groups is 1. The molecule has 0 radical (unpaired) electrons. The third kappa shape index (κ3) is 7.56. The lowest BCUT2D eigenvalue weighted by atomic mass is 10.1. The fraction of sp³-hybridized carbons (Fsp3) is 0.318. The fourth-order valence-corrected chi connectivity index (χ4v) is 2.59. The molecule has 2 atom stereocenters. The number of ketones is 1. The van der Waals surface area contributed by atoms with E-state index in [0.717, 1.165) is 16.1 Å². The van der Waals surface area contributed by atoms with Gasteiger partial charge in [-0.2, -0.15) is 0 Å². The van der Waals surface area contributed by atoms with E-state index < -0.39 is 24.3 Å². The summed E-state index contributed by atoms with van der Waals surface area (Å²) in [7, 11) is 0. The maximum Gasteiger partial charge on any atom is 0.429 e. The van der Waals surface area contributed by atoms with Crippen molar-refractivity contribution in [3.8, 4) is 0 Å². The van der Waals surface area contributed by atoms with Crippen LogP contribution in [0.3, 0.4) is 0 Å². The molecule has 2 N–H and O–H groups in total. The van der Waals surface area contributed by atoms with Crippen LogP contribution in [0.1, 0.15) is 31.4 Å². The van der Waals surface area contributed by atoms with Gasteiger partial charge >= 0.3 is 12.2 Å². The summed E-state index contributed by atoms with van der Waals surface area (Å²) >= 11 is 0. The molecule has 0 aliphatic rings. The van der Waals surface area contributed by atoms with Crippen molar-refractivity contribution in [3.63, 3.8) is 0 Å². The first-order valence-electron chi connectivity index (χ1n) is 9.51. The molecule has 0 bridgehead atoms. The topological polar surface area (TPSA) is 105 Å². The van der Waals surface area contributed by atoms with Gasteiger partial charge < -0.3 is 14.6 Å². The van der Waals surface area contributed by atoms with Crippen molar-refractivity contribution < 1.29 is 29.0 Å². The minimum absolute atomic E-state index is 0.00393. The predicted molar refractivity (Wildman–Crippen MR) is 109 cm³/mol. The first-order valence-corrected chi connectivity index (χ1v) is 9.51. The molecule has 30 heavy (non-hydrogen) atoms. The van der Waals surface area contributed by atoms with Crippen molar-refractivity contribution in [2.45, 2.75) is 45.6 Å². The van der Waals surface area contributed by atoms with E-state index in [1.54, 1.807) is 36.4 Å². The Hall–Kier alpha value is -3.39. The Bertz CT molecular complexity index is 828. The van der Waals surface area contributed by atoms with Crippen molar-refractivity contribution in [2.75, 3.05) is 0 Å². The Kier molecular flexibility index (Phi) is 8.83. The van der Waals surface area contributed by atoms with Gasteiger partial charge in [-0.15, -0.1) is 0 Å². The standard InChI is InChI=1S/C22H26N2O6/c1-16(25)13-20(26)17(2)24(22(28)30-15-19-11-7-4-8-12-19)23-21(27)29-14-18-9-5-3-6-10-18/h3-12,17,20,26H,13-15H2,1-2H3,(H,23,27)/t17-,20?/m1/s1. The molecule has 2 amide bonds. The molecule has 0 aromatic heterocycles. The molecule has 0 heterocycles. The van der Waals surface area contributed by atoms with E-state index in [1.807, 2.05) is 24.3 Å². The van der Waals surface area contributed by atoms with Crippen molar-refractivity contribution in [1.82, 2.24) is 10.4 Å². The van der Waals surface area contributed by atoms with Gasteiger partial charge in [0.1, 0.15) is 19.0 Å². The van der Waals surface area contributed by atoms with Gasteiger partial charge in [0, 0.05) is 6.42 Å². The van der Waals surface area contributed by atoms with Crippen LogP contribution in [-0.2, 0) is 27.5 Å². The molecular weight excluding hydrogens is 388 g/mol. The molecule has 0 saturated carbocycles. The highest BCUT2D eigenvalue weighted by atomic mass is 16.6. The van der Waals surface area contributed by atoms with Crippen LogP contribution in [0.15, 0.2) is 60.7 Å². The maximum absolute atomic E-state index is 12.6. The average Bonchev–Trinajstić information content (AvgIpc) is 2.75. The van der Waals surface area contributed by atoms with Gasteiger partial charge in [-0.3, -0.25) is 4.79 Å². The molecule has 0 fully saturated rings. The van der Waals surface area contributed by atoms with Crippen molar-refractivity contribution in [2.24, 2.45) is 0 Å². The molecule has 2 aromatic carbocycles. The summed E-state index contributed by atoms with van der Waals surface area (Å²) in [6.45, 7) is 2.81. The molecule has 0 aliphatic heterocycles. The molecule has 8 heteroatoms. The van der Waals surface area contributed by atoms with E-state index in [2.05, 4.69) is 5.43 Å². The monoisotopic (exact) mass is 414 g/mol. The molecule has 0 saturated heterocycles.